The van der Waals surface area contributed by atoms with Crippen LogP contribution in [0.1, 0.15) is 19.8 Å². The van der Waals surface area contributed by atoms with E-state index >= 15 is 0 Å². The van der Waals surface area contributed by atoms with Gasteiger partial charge in [-0.15, -0.1) is 12.4 Å². The minimum Gasteiger partial charge on any atom is -0.325 e. The van der Waals surface area contributed by atoms with Crippen LogP contribution in [0.15, 0.2) is 17.0 Å². The third-order valence-corrected chi connectivity index (χ3v) is 6.24. The number of hydrogen-bond donors (Lipinski definition) is 2. The second-order valence-corrected chi connectivity index (χ2v) is 8.16. The number of amides is 1. The number of rotatable bonds is 5. The SMILES string of the molecule is CNCC1CCN(S(=O)(=O)c2cc(Cl)c(NC(C)=O)cc2F)CC1.Cl. The second kappa shape index (κ2) is 9.14. The van der Waals surface area contributed by atoms with E-state index < -0.39 is 26.6 Å². The minimum atomic E-state index is -3.96. The maximum atomic E-state index is 14.3. The molecule has 0 bridgehead atoms. The molecule has 1 fully saturated rings. The number of piperidine rings is 1. The fourth-order valence-electron chi connectivity index (χ4n) is 2.79. The van der Waals surface area contributed by atoms with Crippen molar-refractivity contribution in [3.05, 3.63) is 23.0 Å². The van der Waals surface area contributed by atoms with Crippen molar-refractivity contribution < 1.29 is 17.6 Å². The van der Waals surface area contributed by atoms with Gasteiger partial charge in [-0.2, -0.15) is 4.31 Å². The highest BCUT2D eigenvalue weighted by Crippen LogP contribution is 2.31. The van der Waals surface area contributed by atoms with Gasteiger partial charge in [-0.25, -0.2) is 12.8 Å². The predicted octanol–water partition coefficient (Wildman–Crippen LogP) is 2.48. The van der Waals surface area contributed by atoms with Gasteiger partial charge < -0.3 is 10.6 Å². The van der Waals surface area contributed by atoms with E-state index in [9.17, 15) is 17.6 Å². The monoisotopic (exact) mass is 413 g/mol. The van der Waals surface area contributed by atoms with E-state index in [4.69, 9.17) is 11.6 Å². The zero-order chi connectivity index (χ0) is 17.9. The van der Waals surface area contributed by atoms with Gasteiger partial charge in [-0.05, 0) is 38.4 Å². The third kappa shape index (κ3) is 5.27. The van der Waals surface area contributed by atoms with Crippen molar-refractivity contribution in [1.29, 1.82) is 0 Å². The summed E-state index contributed by atoms with van der Waals surface area (Å²) in [4.78, 5) is 10.6. The maximum Gasteiger partial charge on any atom is 0.246 e. The molecular formula is C15H22Cl2FN3O3S. The van der Waals surface area contributed by atoms with E-state index in [0.717, 1.165) is 31.5 Å². The molecule has 25 heavy (non-hydrogen) atoms. The summed E-state index contributed by atoms with van der Waals surface area (Å²) >= 11 is 5.98. The summed E-state index contributed by atoms with van der Waals surface area (Å²) < 4.78 is 41.0. The quantitative estimate of drug-likeness (QED) is 0.776. The van der Waals surface area contributed by atoms with Gasteiger partial charge in [0.2, 0.25) is 15.9 Å². The van der Waals surface area contributed by atoms with E-state index in [-0.39, 0.29) is 23.1 Å². The zero-order valence-electron chi connectivity index (χ0n) is 14.0. The lowest BCUT2D eigenvalue weighted by molar-refractivity contribution is -0.114. The number of nitrogens with one attached hydrogen (secondary N) is 2. The van der Waals surface area contributed by atoms with Crippen LogP contribution in [0.3, 0.4) is 0 Å². The molecule has 1 aromatic carbocycles. The third-order valence-electron chi connectivity index (χ3n) is 4.02. The Morgan fingerprint density at radius 1 is 1.36 bits per heavy atom. The average molecular weight is 414 g/mol. The molecule has 6 nitrogen and oxygen atoms in total. The van der Waals surface area contributed by atoms with Crippen molar-refractivity contribution in [1.82, 2.24) is 9.62 Å². The van der Waals surface area contributed by atoms with Gasteiger partial charge in [0.15, 0.2) is 0 Å². The molecule has 1 amide bonds. The van der Waals surface area contributed by atoms with Crippen LogP contribution < -0.4 is 10.6 Å². The van der Waals surface area contributed by atoms with Crippen LogP contribution in [0, 0.1) is 11.7 Å². The second-order valence-electron chi connectivity index (χ2n) is 5.85. The molecule has 0 unspecified atom stereocenters. The number of halogens is 3. The molecule has 142 valence electrons. The largest absolute Gasteiger partial charge is 0.325 e. The number of anilines is 1. The molecule has 0 atom stereocenters. The summed E-state index contributed by atoms with van der Waals surface area (Å²) in [7, 11) is -2.10. The molecule has 1 aliphatic heterocycles. The van der Waals surface area contributed by atoms with Crippen LogP contribution in [-0.2, 0) is 14.8 Å². The van der Waals surface area contributed by atoms with Crippen LogP contribution in [0.25, 0.3) is 0 Å². The first-order chi connectivity index (χ1) is 11.3. The Balaban J connectivity index is 0.00000312. The average Bonchev–Trinajstić information content (AvgIpc) is 2.51. The fourth-order valence-corrected chi connectivity index (χ4v) is 4.61. The molecule has 1 heterocycles. The van der Waals surface area contributed by atoms with Crippen LogP contribution in [-0.4, -0.2) is 45.3 Å². The summed E-state index contributed by atoms with van der Waals surface area (Å²) in [5, 5.41) is 5.43. The van der Waals surface area contributed by atoms with Crippen molar-refractivity contribution >= 4 is 45.6 Å². The Labute approximate surface area is 158 Å². The molecule has 1 saturated heterocycles. The van der Waals surface area contributed by atoms with Gasteiger partial charge in [0.1, 0.15) is 10.7 Å². The van der Waals surface area contributed by atoms with E-state index in [1.165, 1.54) is 11.2 Å². The van der Waals surface area contributed by atoms with Gasteiger partial charge in [-0.1, -0.05) is 11.6 Å². The molecule has 0 aromatic heterocycles. The molecule has 1 aliphatic rings. The molecule has 0 saturated carbocycles. The predicted molar refractivity (Wildman–Crippen MR) is 98.4 cm³/mol. The molecule has 0 spiro atoms. The fraction of sp³-hybridized carbons (Fsp3) is 0.533. The van der Waals surface area contributed by atoms with Crippen LogP contribution in [0.2, 0.25) is 5.02 Å². The van der Waals surface area contributed by atoms with E-state index in [1.807, 2.05) is 7.05 Å². The number of nitrogens with zero attached hydrogens (tertiary/aromatic N) is 1. The lowest BCUT2D eigenvalue weighted by Crippen LogP contribution is -2.40. The van der Waals surface area contributed by atoms with Crippen molar-refractivity contribution in [3.63, 3.8) is 0 Å². The van der Waals surface area contributed by atoms with Crippen molar-refractivity contribution in [2.75, 3.05) is 32.0 Å². The van der Waals surface area contributed by atoms with Crippen LogP contribution in [0.5, 0.6) is 0 Å². The molecular weight excluding hydrogens is 392 g/mol. The summed E-state index contributed by atoms with van der Waals surface area (Å²) in [5.74, 6) is -0.934. The number of benzene rings is 1. The summed E-state index contributed by atoms with van der Waals surface area (Å²) in [5.41, 5.74) is 0.0494. The molecule has 1 aromatic rings. The first-order valence-corrected chi connectivity index (χ1v) is 9.49. The van der Waals surface area contributed by atoms with Crippen molar-refractivity contribution in [2.45, 2.75) is 24.7 Å². The Kier molecular flexibility index (Phi) is 8.08. The van der Waals surface area contributed by atoms with Gasteiger partial charge in [0.25, 0.3) is 0 Å². The molecule has 2 rings (SSSR count). The molecule has 0 aliphatic carbocycles. The first kappa shape index (κ1) is 22.1. The van der Waals surface area contributed by atoms with E-state index in [1.54, 1.807) is 0 Å². The Morgan fingerprint density at radius 2 is 1.96 bits per heavy atom. The van der Waals surface area contributed by atoms with Gasteiger partial charge in [0, 0.05) is 26.1 Å². The van der Waals surface area contributed by atoms with Crippen molar-refractivity contribution in [2.24, 2.45) is 5.92 Å². The highest BCUT2D eigenvalue weighted by Gasteiger charge is 2.31. The summed E-state index contributed by atoms with van der Waals surface area (Å²) in [6.07, 6.45) is 1.44. The number of hydrogen-bond acceptors (Lipinski definition) is 4. The zero-order valence-corrected chi connectivity index (χ0v) is 16.4. The van der Waals surface area contributed by atoms with Gasteiger partial charge in [0.05, 0.1) is 10.7 Å². The topological polar surface area (TPSA) is 78.5 Å². The van der Waals surface area contributed by atoms with Gasteiger partial charge >= 0.3 is 0 Å². The number of carbonyl (C=O) groups is 1. The Bertz CT molecular complexity index is 723. The number of sulfonamides is 1. The molecule has 2 N–H and O–H groups in total. The molecule has 10 heteroatoms. The highest BCUT2D eigenvalue weighted by molar-refractivity contribution is 7.89. The van der Waals surface area contributed by atoms with Gasteiger partial charge in [-0.3, -0.25) is 4.79 Å². The normalized spacial score (nSPS) is 16.3. The van der Waals surface area contributed by atoms with E-state index in [0.29, 0.717) is 19.0 Å². The standard InChI is InChI=1S/C15H21ClFN3O3S.ClH/c1-10(21)19-14-8-13(17)15(7-12(14)16)24(22,23)20-5-3-11(4-6-20)9-18-2;/h7-8,11,18H,3-6,9H2,1-2H3,(H,19,21);1H. The van der Waals surface area contributed by atoms with E-state index in [2.05, 4.69) is 10.6 Å². The lowest BCUT2D eigenvalue weighted by atomic mass is 9.98. The first-order valence-electron chi connectivity index (χ1n) is 7.67. The summed E-state index contributed by atoms with van der Waals surface area (Å²) in [6, 6.07) is 1.99. The summed E-state index contributed by atoms with van der Waals surface area (Å²) in [6.45, 7) is 2.78. The maximum absolute atomic E-state index is 14.3. The Morgan fingerprint density at radius 3 is 2.48 bits per heavy atom. The smallest absolute Gasteiger partial charge is 0.246 e. The minimum absolute atomic E-state index is 0. The number of carbonyl (C=O) groups excluding carboxylic acids is 1. The molecule has 0 radical (unpaired) electrons. The van der Waals surface area contributed by atoms with Crippen molar-refractivity contribution in [3.8, 4) is 0 Å². The lowest BCUT2D eigenvalue weighted by Gasteiger charge is -2.31. The Hall–Kier alpha value is -0.930. The van der Waals surface area contributed by atoms with Crippen LogP contribution >= 0.6 is 24.0 Å². The van der Waals surface area contributed by atoms with Crippen LogP contribution in [0.4, 0.5) is 10.1 Å². The highest BCUT2D eigenvalue weighted by atomic mass is 35.5.